The number of amides is 1. The summed E-state index contributed by atoms with van der Waals surface area (Å²) in [5.74, 6) is 0.955. The van der Waals surface area contributed by atoms with E-state index in [1.165, 1.54) is 12.7 Å². The van der Waals surface area contributed by atoms with Gasteiger partial charge in [0.1, 0.15) is 11.5 Å². The van der Waals surface area contributed by atoms with Crippen molar-refractivity contribution < 1.29 is 19.0 Å². The predicted octanol–water partition coefficient (Wildman–Crippen LogP) is 2.33. The highest BCUT2D eigenvalue weighted by atomic mass is 16.5. The third kappa shape index (κ3) is 5.21. The number of carbonyl (C=O) groups excluding carboxylic acids is 1. The highest BCUT2D eigenvalue weighted by Crippen LogP contribution is 2.24. The molecular weight excluding hydrogens is 344 g/mol. The first-order valence-electron chi connectivity index (χ1n) is 9.07. The van der Waals surface area contributed by atoms with Crippen LogP contribution in [-0.2, 0) is 11.3 Å². The molecule has 0 aromatic heterocycles. The van der Waals surface area contributed by atoms with Crippen molar-refractivity contribution in [1.82, 2.24) is 10.2 Å². The number of nitrogens with one attached hydrogen (secondary N) is 1. The van der Waals surface area contributed by atoms with E-state index in [4.69, 9.17) is 14.2 Å². The average molecular weight is 370 g/mol. The Morgan fingerprint density at radius 1 is 1.19 bits per heavy atom. The summed E-state index contributed by atoms with van der Waals surface area (Å²) >= 11 is 0. The SMILES string of the molecule is COc1ccc(C(=O)NCC2CN(Cc3ccccc3)CCO2)c(OC)c1. The smallest absolute Gasteiger partial charge is 0.255 e. The van der Waals surface area contributed by atoms with E-state index in [0.717, 1.165) is 19.6 Å². The molecule has 144 valence electrons. The lowest BCUT2D eigenvalue weighted by molar-refractivity contribution is -0.0292. The second-order valence-electron chi connectivity index (χ2n) is 6.49. The summed E-state index contributed by atoms with van der Waals surface area (Å²) in [6.07, 6.45) is -0.0318. The van der Waals surface area contributed by atoms with Crippen LogP contribution in [-0.4, -0.2) is 57.4 Å². The van der Waals surface area contributed by atoms with E-state index in [2.05, 4.69) is 34.5 Å². The minimum atomic E-state index is -0.182. The van der Waals surface area contributed by atoms with Gasteiger partial charge >= 0.3 is 0 Å². The van der Waals surface area contributed by atoms with Gasteiger partial charge in [0.15, 0.2) is 0 Å². The summed E-state index contributed by atoms with van der Waals surface area (Å²) in [5.41, 5.74) is 1.76. The quantitative estimate of drug-likeness (QED) is 0.811. The number of methoxy groups -OCH3 is 2. The van der Waals surface area contributed by atoms with E-state index in [1.807, 2.05) is 6.07 Å². The van der Waals surface area contributed by atoms with Crippen molar-refractivity contribution >= 4 is 5.91 Å². The molecule has 1 fully saturated rings. The molecule has 2 aromatic rings. The molecule has 1 aliphatic heterocycles. The standard InChI is InChI=1S/C21H26N2O4/c1-25-17-8-9-19(20(12-17)26-2)21(24)22-13-18-15-23(10-11-27-18)14-16-6-4-3-5-7-16/h3-9,12,18H,10-11,13-15H2,1-2H3,(H,22,24). The fourth-order valence-corrected chi connectivity index (χ4v) is 3.18. The van der Waals surface area contributed by atoms with Gasteiger partial charge in [-0.25, -0.2) is 0 Å². The van der Waals surface area contributed by atoms with Crippen LogP contribution >= 0.6 is 0 Å². The van der Waals surface area contributed by atoms with Crippen LogP contribution in [0.25, 0.3) is 0 Å². The fourth-order valence-electron chi connectivity index (χ4n) is 3.18. The van der Waals surface area contributed by atoms with Gasteiger partial charge < -0.3 is 19.5 Å². The maximum Gasteiger partial charge on any atom is 0.255 e. The van der Waals surface area contributed by atoms with Crippen LogP contribution in [0.1, 0.15) is 15.9 Å². The fraction of sp³-hybridized carbons (Fsp3) is 0.381. The van der Waals surface area contributed by atoms with Crippen molar-refractivity contribution in [2.75, 3.05) is 40.5 Å². The Kier molecular flexibility index (Phi) is 6.68. The predicted molar refractivity (Wildman–Crippen MR) is 103 cm³/mol. The lowest BCUT2D eigenvalue weighted by Crippen LogP contribution is -2.47. The molecule has 3 rings (SSSR count). The highest BCUT2D eigenvalue weighted by Gasteiger charge is 2.22. The maximum atomic E-state index is 12.5. The van der Waals surface area contributed by atoms with E-state index in [1.54, 1.807) is 25.3 Å². The van der Waals surface area contributed by atoms with Gasteiger partial charge in [-0.05, 0) is 17.7 Å². The molecule has 6 nitrogen and oxygen atoms in total. The van der Waals surface area contributed by atoms with Gasteiger partial charge in [0.05, 0.1) is 32.5 Å². The molecule has 1 atom stereocenters. The van der Waals surface area contributed by atoms with Gasteiger partial charge in [-0.3, -0.25) is 9.69 Å². The molecular formula is C21H26N2O4. The van der Waals surface area contributed by atoms with Gasteiger partial charge in [-0.2, -0.15) is 0 Å². The van der Waals surface area contributed by atoms with Crippen molar-refractivity contribution in [2.24, 2.45) is 0 Å². The first-order valence-corrected chi connectivity index (χ1v) is 9.07. The van der Waals surface area contributed by atoms with E-state index >= 15 is 0 Å². The summed E-state index contributed by atoms with van der Waals surface area (Å²) in [5, 5.41) is 2.95. The van der Waals surface area contributed by atoms with Crippen molar-refractivity contribution in [3.8, 4) is 11.5 Å². The van der Waals surface area contributed by atoms with Crippen molar-refractivity contribution in [3.63, 3.8) is 0 Å². The summed E-state index contributed by atoms with van der Waals surface area (Å²) in [6.45, 7) is 3.69. The molecule has 1 heterocycles. The van der Waals surface area contributed by atoms with E-state index in [9.17, 15) is 4.79 Å². The zero-order valence-corrected chi connectivity index (χ0v) is 15.8. The number of benzene rings is 2. The molecule has 1 N–H and O–H groups in total. The molecule has 1 unspecified atom stereocenters. The van der Waals surface area contributed by atoms with E-state index in [-0.39, 0.29) is 12.0 Å². The Bertz CT molecular complexity index is 751. The van der Waals surface area contributed by atoms with Crippen LogP contribution in [0.5, 0.6) is 11.5 Å². The van der Waals surface area contributed by atoms with E-state index in [0.29, 0.717) is 30.2 Å². The Labute approximate surface area is 160 Å². The monoisotopic (exact) mass is 370 g/mol. The molecule has 1 amide bonds. The molecule has 0 aliphatic carbocycles. The summed E-state index contributed by atoms with van der Waals surface area (Å²) < 4.78 is 16.3. The first-order chi connectivity index (χ1) is 13.2. The molecule has 0 saturated carbocycles. The van der Waals surface area contributed by atoms with Crippen molar-refractivity contribution in [2.45, 2.75) is 12.6 Å². The van der Waals surface area contributed by atoms with Crippen LogP contribution in [0.4, 0.5) is 0 Å². The van der Waals surface area contributed by atoms with Crippen LogP contribution in [0, 0.1) is 0 Å². The number of hydrogen-bond donors (Lipinski definition) is 1. The Hall–Kier alpha value is -2.57. The molecule has 0 bridgehead atoms. The maximum absolute atomic E-state index is 12.5. The van der Waals surface area contributed by atoms with Crippen molar-refractivity contribution in [3.05, 3.63) is 59.7 Å². The number of hydrogen-bond acceptors (Lipinski definition) is 5. The second-order valence-corrected chi connectivity index (χ2v) is 6.49. The number of morpholine rings is 1. The number of nitrogens with zero attached hydrogens (tertiary/aromatic N) is 1. The topological polar surface area (TPSA) is 60.0 Å². The van der Waals surface area contributed by atoms with Crippen LogP contribution in [0.15, 0.2) is 48.5 Å². The summed E-state index contributed by atoms with van der Waals surface area (Å²) in [6, 6.07) is 15.5. The lowest BCUT2D eigenvalue weighted by Gasteiger charge is -2.33. The number of ether oxygens (including phenoxy) is 3. The Morgan fingerprint density at radius 2 is 2.00 bits per heavy atom. The van der Waals surface area contributed by atoms with Gasteiger partial charge in [-0.1, -0.05) is 30.3 Å². The van der Waals surface area contributed by atoms with Crippen LogP contribution in [0.3, 0.4) is 0 Å². The largest absolute Gasteiger partial charge is 0.497 e. The minimum absolute atomic E-state index is 0.0318. The lowest BCUT2D eigenvalue weighted by atomic mass is 10.1. The van der Waals surface area contributed by atoms with E-state index < -0.39 is 0 Å². The third-order valence-electron chi connectivity index (χ3n) is 4.62. The van der Waals surface area contributed by atoms with Gasteiger partial charge in [0.25, 0.3) is 5.91 Å². The third-order valence-corrected chi connectivity index (χ3v) is 4.62. The number of rotatable bonds is 7. The Balaban J connectivity index is 1.54. The summed E-state index contributed by atoms with van der Waals surface area (Å²) in [4.78, 5) is 14.9. The molecule has 0 radical (unpaired) electrons. The second kappa shape index (κ2) is 9.39. The van der Waals surface area contributed by atoms with Crippen LogP contribution < -0.4 is 14.8 Å². The molecule has 2 aromatic carbocycles. The molecule has 27 heavy (non-hydrogen) atoms. The summed E-state index contributed by atoms with van der Waals surface area (Å²) in [7, 11) is 3.12. The van der Waals surface area contributed by atoms with Gasteiger partial charge in [0, 0.05) is 32.2 Å². The Morgan fingerprint density at radius 3 is 2.74 bits per heavy atom. The number of carbonyl (C=O) groups is 1. The van der Waals surface area contributed by atoms with Crippen LogP contribution in [0.2, 0.25) is 0 Å². The van der Waals surface area contributed by atoms with Gasteiger partial charge in [0.2, 0.25) is 0 Å². The normalized spacial score (nSPS) is 17.3. The van der Waals surface area contributed by atoms with Crippen molar-refractivity contribution in [1.29, 1.82) is 0 Å². The molecule has 1 saturated heterocycles. The first kappa shape index (κ1) is 19.2. The average Bonchev–Trinajstić information content (AvgIpc) is 2.72. The zero-order valence-electron chi connectivity index (χ0n) is 15.8. The molecule has 1 aliphatic rings. The highest BCUT2D eigenvalue weighted by molar-refractivity contribution is 5.97. The zero-order chi connectivity index (χ0) is 19.1. The molecule has 0 spiro atoms. The van der Waals surface area contributed by atoms with Gasteiger partial charge in [-0.15, -0.1) is 0 Å². The minimum Gasteiger partial charge on any atom is -0.497 e. The molecule has 6 heteroatoms.